The highest BCUT2D eigenvalue weighted by molar-refractivity contribution is 7.89. The molecule has 2 aromatic carbocycles. The molecule has 4 rings (SSSR count). The Bertz CT molecular complexity index is 1000. The van der Waals surface area contributed by atoms with Crippen LogP contribution in [-0.4, -0.2) is 76.0 Å². The number of carbonyl (C=O) groups excluding carboxylic acids is 1. The van der Waals surface area contributed by atoms with Crippen LogP contribution in [0.2, 0.25) is 5.02 Å². The highest BCUT2D eigenvalue weighted by Crippen LogP contribution is 2.25. The maximum absolute atomic E-state index is 13.1. The number of ether oxygens (including phenoxy) is 1. The Labute approximate surface area is 181 Å². The first-order valence-electron chi connectivity index (χ1n) is 9.93. The molecule has 2 saturated heterocycles. The van der Waals surface area contributed by atoms with Crippen LogP contribution in [-0.2, 0) is 14.8 Å². The Morgan fingerprint density at radius 3 is 2.23 bits per heavy atom. The number of amides is 1. The maximum atomic E-state index is 13.1. The summed E-state index contributed by atoms with van der Waals surface area (Å²) in [6, 6.07) is 14.4. The predicted molar refractivity (Wildman–Crippen MR) is 116 cm³/mol. The Balaban J connectivity index is 1.50. The molecule has 0 aliphatic carbocycles. The van der Waals surface area contributed by atoms with Gasteiger partial charge in [0.15, 0.2) is 0 Å². The van der Waals surface area contributed by atoms with Gasteiger partial charge in [-0.3, -0.25) is 4.79 Å². The SMILES string of the molecule is O=C(c1cc(S(=O)(=O)N2CCOCC2)ccc1Cl)N1CCN(c2ccccc2)CC1. The lowest BCUT2D eigenvalue weighted by Gasteiger charge is -2.36. The minimum absolute atomic E-state index is 0.0834. The van der Waals surface area contributed by atoms with Gasteiger partial charge in [-0.15, -0.1) is 0 Å². The predicted octanol–water partition coefficient (Wildman–Crippen LogP) is 2.32. The lowest BCUT2D eigenvalue weighted by Crippen LogP contribution is -2.48. The number of morpholine rings is 1. The van der Waals surface area contributed by atoms with E-state index in [-0.39, 0.29) is 21.4 Å². The van der Waals surface area contributed by atoms with Crippen molar-refractivity contribution in [2.24, 2.45) is 0 Å². The average Bonchev–Trinajstić information content (AvgIpc) is 2.80. The number of hydrogen-bond donors (Lipinski definition) is 0. The number of sulfonamides is 1. The summed E-state index contributed by atoms with van der Waals surface area (Å²) in [6.45, 7) is 3.84. The molecule has 0 saturated carbocycles. The summed E-state index contributed by atoms with van der Waals surface area (Å²) < 4.78 is 32.5. The van der Waals surface area contributed by atoms with Crippen molar-refractivity contribution >= 4 is 33.2 Å². The highest BCUT2D eigenvalue weighted by atomic mass is 35.5. The minimum atomic E-state index is -3.69. The Hall–Kier alpha value is -2.13. The van der Waals surface area contributed by atoms with Gasteiger partial charge in [0.05, 0.1) is 28.7 Å². The number of benzene rings is 2. The molecule has 30 heavy (non-hydrogen) atoms. The van der Waals surface area contributed by atoms with Gasteiger partial charge in [-0.1, -0.05) is 29.8 Å². The van der Waals surface area contributed by atoms with E-state index in [2.05, 4.69) is 4.90 Å². The second kappa shape index (κ2) is 8.93. The first-order chi connectivity index (χ1) is 14.5. The van der Waals surface area contributed by atoms with E-state index in [4.69, 9.17) is 16.3 Å². The van der Waals surface area contributed by atoms with Crippen LogP contribution < -0.4 is 4.90 Å². The zero-order valence-corrected chi connectivity index (χ0v) is 18.1. The fourth-order valence-electron chi connectivity index (χ4n) is 3.74. The Kier molecular flexibility index (Phi) is 6.29. The van der Waals surface area contributed by atoms with E-state index in [9.17, 15) is 13.2 Å². The smallest absolute Gasteiger partial charge is 0.255 e. The van der Waals surface area contributed by atoms with Crippen LogP contribution in [0.15, 0.2) is 53.4 Å². The van der Waals surface area contributed by atoms with Crippen molar-refractivity contribution in [2.75, 3.05) is 57.4 Å². The largest absolute Gasteiger partial charge is 0.379 e. The van der Waals surface area contributed by atoms with Crippen LogP contribution >= 0.6 is 11.6 Å². The number of hydrogen-bond acceptors (Lipinski definition) is 5. The molecular weight excluding hydrogens is 426 g/mol. The van der Waals surface area contributed by atoms with Crippen LogP contribution in [0.3, 0.4) is 0 Å². The summed E-state index contributed by atoms with van der Waals surface area (Å²) in [6.07, 6.45) is 0. The fourth-order valence-corrected chi connectivity index (χ4v) is 5.37. The van der Waals surface area contributed by atoms with Gasteiger partial charge in [0.2, 0.25) is 10.0 Å². The van der Waals surface area contributed by atoms with Gasteiger partial charge in [0.25, 0.3) is 5.91 Å². The number of piperazine rings is 1. The number of nitrogens with zero attached hydrogens (tertiary/aromatic N) is 3. The number of halogens is 1. The second-order valence-corrected chi connectivity index (χ2v) is 9.62. The normalized spacial score (nSPS) is 18.4. The zero-order valence-electron chi connectivity index (χ0n) is 16.5. The van der Waals surface area contributed by atoms with Crippen LogP contribution in [0.25, 0.3) is 0 Å². The van der Waals surface area contributed by atoms with Gasteiger partial charge in [0.1, 0.15) is 0 Å². The topological polar surface area (TPSA) is 70.2 Å². The van der Waals surface area contributed by atoms with Crippen molar-refractivity contribution in [3.8, 4) is 0 Å². The molecule has 2 aliphatic heterocycles. The first kappa shape index (κ1) is 21.1. The number of carbonyl (C=O) groups is 1. The molecule has 0 N–H and O–H groups in total. The van der Waals surface area contributed by atoms with Crippen molar-refractivity contribution in [1.82, 2.24) is 9.21 Å². The lowest BCUT2D eigenvalue weighted by atomic mass is 10.1. The molecule has 0 bridgehead atoms. The average molecular weight is 450 g/mol. The molecule has 0 aromatic heterocycles. The molecule has 160 valence electrons. The van der Waals surface area contributed by atoms with E-state index in [1.807, 2.05) is 30.3 Å². The molecule has 2 aliphatic rings. The van der Waals surface area contributed by atoms with Crippen LogP contribution in [0.5, 0.6) is 0 Å². The van der Waals surface area contributed by atoms with Crippen LogP contribution in [0.4, 0.5) is 5.69 Å². The third-order valence-corrected chi connectivity index (χ3v) is 7.69. The van der Waals surface area contributed by atoms with Gasteiger partial charge in [-0.25, -0.2) is 8.42 Å². The number of para-hydroxylation sites is 1. The number of rotatable bonds is 4. The van der Waals surface area contributed by atoms with Gasteiger partial charge in [0, 0.05) is 45.0 Å². The fraction of sp³-hybridized carbons (Fsp3) is 0.381. The second-order valence-electron chi connectivity index (χ2n) is 7.27. The molecule has 2 heterocycles. The summed E-state index contributed by atoms with van der Waals surface area (Å²) >= 11 is 6.28. The minimum Gasteiger partial charge on any atom is -0.379 e. The first-order valence-corrected chi connectivity index (χ1v) is 11.8. The molecule has 0 atom stereocenters. The van der Waals surface area contributed by atoms with E-state index in [1.54, 1.807) is 4.90 Å². The quantitative estimate of drug-likeness (QED) is 0.716. The Morgan fingerprint density at radius 2 is 1.57 bits per heavy atom. The zero-order chi connectivity index (χ0) is 21.1. The van der Waals surface area contributed by atoms with Crippen molar-refractivity contribution in [1.29, 1.82) is 0 Å². The molecule has 7 nitrogen and oxygen atoms in total. The standard InChI is InChI=1S/C21H24ClN3O4S/c22-20-7-6-18(30(27,28)25-12-14-29-15-13-25)16-19(20)21(26)24-10-8-23(9-11-24)17-4-2-1-3-5-17/h1-7,16H,8-15H2. The summed E-state index contributed by atoms with van der Waals surface area (Å²) in [7, 11) is -3.69. The molecular formula is C21H24ClN3O4S. The van der Waals surface area contributed by atoms with Crippen LogP contribution in [0.1, 0.15) is 10.4 Å². The van der Waals surface area contributed by atoms with Crippen molar-refractivity contribution in [3.05, 3.63) is 59.1 Å². The Morgan fingerprint density at radius 1 is 0.900 bits per heavy atom. The number of anilines is 1. The van der Waals surface area contributed by atoms with Gasteiger partial charge >= 0.3 is 0 Å². The van der Waals surface area contributed by atoms with E-state index in [1.165, 1.54) is 22.5 Å². The molecule has 2 aromatic rings. The molecule has 1 amide bonds. The lowest BCUT2D eigenvalue weighted by molar-refractivity contribution is 0.0729. The van der Waals surface area contributed by atoms with Crippen molar-refractivity contribution in [3.63, 3.8) is 0 Å². The highest BCUT2D eigenvalue weighted by Gasteiger charge is 2.29. The monoisotopic (exact) mass is 449 g/mol. The van der Waals surface area contributed by atoms with Gasteiger partial charge in [-0.05, 0) is 30.3 Å². The molecule has 0 unspecified atom stereocenters. The molecule has 2 fully saturated rings. The van der Waals surface area contributed by atoms with Gasteiger partial charge < -0.3 is 14.5 Å². The van der Waals surface area contributed by atoms with E-state index in [0.29, 0.717) is 52.5 Å². The summed E-state index contributed by atoms with van der Waals surface area (Å²) in [4.78, 5) is 17.2. The van der Waals surface area contributed by atoms with E-state index < -0.39 is 10.0 Å². The summed E-state index contributed by atoms with van der Waals surface area (Å²) in [5.41, 5.74) is 1.35. The summed E-state index contributed by atoms with van der Waals surface area (Å²) in [5, 5.41) is 0.256. The molecule has 0 spiro atoms. The third-order valence-electron chi connectivity index (χ3n) is 5.46. The molecule has 0 radical (unpaired) electrons. The third kappa shape index (κ3) is 4.32. The summed E-state index contributed by atoms with van der Waals surface area (Å²) in [5.74, 6) is -0.244. The van der Waals surface area contributed by atoms with Crippen molar-refractivity contribution in [2.45, 2.75) is 4.90 Å². The van der Waals surface area contributed by atoms with Gasteiger partial charge in [-0.2, -0.15) is 4.31 Å². The molecule has 9 heteroatoms. The maximum Gasteiger partial charge on any atom is 0.255 e. The van der Waals surface area contributed by atoms with E-state index >= 15 is 0 Å². The van der Waals surface area contributed by atoms with Crippen molar-refractivity contribution < 1.29 is 17.9 Å². The van der Waals surface area contributed by atoms with Crippen LogP contribution in [0, 0.1) is 0 Å². The van der Waals surface area contributed by atoms with E-state index in [0.717, 1.165) is 5.69 Å².